The average Bonchev–Trinajstić information content (AvgIpc) is 2.80. The fourth-order valence-electron chi connectivity index (χ4n) is 1.50. The average molecular weight is 325 g/mol. The van der Waals surface area contributed by atoms with Crippen molar-refractivity contribution in [3.63, 3.8) is 0 Å². The summed E-state index contributed by atoms with van der Waals surface area (Å²) in [5, 5.41) is 10.3. The second kappa shape index (κ2) is 5.89. The monoisotopic (exact) mass is 324 g/mol. The molecule has 2 heterocycles. The number of anilines is 1. The number of halogens is 1. The Kier molecular flexibility index (Phi) is 4.23. The highest BCUT2D eigenvalue weighted by Gasteiger charge is 2.08. The highest BCUT2D eigenvalue weighted by atomic mass is 79.9. The Bertz CT molecular complexity index is 597. The van der Waals surface area contributed by atoms with Gasteiger partial charge in [0.05, 0.1) is 11.9 Å². The van der Waals surface area contributed by atoms with Crippen molar-refractivity contribution in [3.05, 3.63) is 34.2 Å². The number of hydrogen-bond acceptors (Lipinski definition) is 5. The van der Waals surface area contributed by atoms with Gasteiger partial charge in [0.25, 0.3) is 0 Å². The molecule has 2 aromatic heterocycles. The van der Waals surface area contributed by atoms with Gasteiger partial charge in [-0.25, -0.2) is 9.67 Å². The number of nitrogens with one attached hydrogen (secondary N) is 1. The zero-order valence-corrected chi connectivity index (χ0v) is 11.9. The van der Waals surface area contributed by atoms with E-state index < -0.39 is 0 Å². The summed E-state index contributed by atoms with van der Waals surface area (Å²) in [5.41, 5.74) is 6.94. The summed E-state index contributed by atoms with van der Waals surface area (Å²) in [6.07, 6.45) is 3.27. The minimum absolute atomic E-state index is 0.0736. The minimum Gasteiger partial charge on any atom is -0.325 e. The lowest BCUT2D eigenvalue weighted by Gasteiger charge is -2.07. The van der Waals surface area contributed by atoms with Crippen molar-refractivity contribution >= 4 is 27.7 Å². The first kappa shape index (κ1) is 13.6. The maximum absolute atomic E-state index is 11.8. The third-order valence-corrected chi connectivity index (χ3v) is 2.84. The minimum atomic E-state index is -0.216. The van der Waals surface area contributed by atoms with Gasteiger partial charge in [-0.1, -0.05) is 5.21 Å². The molecule has 7 nitrogen and oxygen atoms in total. The summed E-state index contributed by atoms with van der Waals surface area (Å²) in [5.74, 6) is 0.318. The number of carbonyl (C=O) groups excluding carboxylic acids is 1. The number of carbonyl (C=O) groups is 1. The third-order valence-electron chi connectivity index (χ3n) is 2.40. The molecule has 2 aromatic rings. The van der Waals surface area contributed by atoms with Crippen molar-refractivity contribution in [2.75, 3.05) is 5.32 Å². The fraction of sp³-hybridized carbons (Fsp3) is 0.273. The van der Waals surface area contributed by atoms with Crippen LogP contribution in [0.2, 0.25) is 0 Å². The molecule has 0 spiro atoms. The van der Waals surface area contributed by atoms with E-state index in [2.05, 4.69) is 36.5 Å². The summed E-state index contributed by atoms with van der Waals surface area (Å²) in [6, 6.07) is 1.88. The molecule has 100 valence electrons. The van der Waals surface area contributed by atoms with E-state index in [-0.39, 0.29) is 12.5 Å². The van der Waals surface area contributed by atoms with Gasteiger partial charge in [0, 0.05) is 17.2 Å². The van der Waals surface area contributed by atoms with Crippen LogP contribution >= 0.6 is 15.9 Å². The lowest BCUT2D eigenvalue weighted by molar-refractivity contribution is -0.117. The van der Waals surface area contributed by atoms with Gasteiger partial charge < -0.3 is 11.1 Å². The van der Waals surface area contributed by atoms with E-state index in [0.717, 1.165) is 10.0 Å². The number of amides is 1. The standard InChI is InChI=1S/C11H13BrN6O/c1-7-2-8(12)4-14-11(7)15-10(19)6-18-5-9(3-13)16-17-18/h2,4-5H,3,6,13H2,1H3,(H,14,15,19). The molecule has 0 radical (unpaired) electrons. The van der Waals surface area contributed by atoms with Gasteiger partial charge in [0.1, 0.15) is 12.4 Å². The molecular weight excluding hydrogens is 312 g/mol. The molecule has 3 N–H and O–H groups in total. The van der Waals surface area contributed by atoms with Gasteiger partial charge in [0.2, 0.25) is 5.91 Å². The maximum Gasteiger partial charge on any atom is 0.247 e. The fourth-order valence-corrected chi connectivity index (χ4v) is 1.95. The van der Waals surface area contributed by atoms with Crippen LogP contribution in [0.5, 0.6) is 0 Å². The first-order valence-corrected chi connectivity index (χ1v) is 6.39. The second-order valence-electron chi connectivity index (χ2n) is 3.98. The van der Waals surface area contributed by atoms with E-state index >= 15 is 0 Å². The van der Waals surface area contributed by atoms with Gasteiger partial charge in [-0.15, -0.1) is 5.10 Å². The highest BCUT2D eigenvalue weighted by Crippen LogP contribution is 2.16. The van der Waals surface area contributed by atoms with Crippen molar-refractivity contribution in [3.8, 4) is 0 Å². The lowest BCUT2D eigenvalue weighted by Crippen LogP contribution is -2.20. The highest BCUT2D eigenvalue weighted by molar-refractivity contribution is 9.10. The Labute approximate surface area is 118 Å². The Morgan fingerprint density at radius 1 is 1.58 bits per heavy atom. The van der Waals surface area contributed by atoms with Crippen LogP contribution in [0.3, 0.4) is 0 Å². The van der Waals surface area contributed by atoms with Crippen LogP contribution in [0.25, 0.3) is 0 Å². The number of nitrogens with zero attached hydrogens (tertiary/aromatic N) is 4. The van der Waals surface area contributed by atoms with Crippen molar-refractivity contribution in [1.82, 2.24) is 20.0 Å². The molecule has 0 unspecified atom stereocenters. The van der Waals surface area contributed by atoms with Crippen molar-refractivity contribution in [2.45, 2.75) is 20.0 Å². The van der Waals surface area contributed by atoms with Gasteiger partial charge in [-0.05, 0) is 34.5 Å². The van der Waals surface area contributed by atoms with Crippen LogP contribution in [-0.4, -0.2) is 25.9 Å². The molecular formula is C11H13BrN6O. The smallest absolute Gasteiger partial charge is 0.247 e. The summed E-state index contributed by atoms with van der Waals surface area (Å²) >= 11 is 3.32. The van der Waals surface area contributed by atoms with E-state index in [1.54, 1.807) is 12.4 Å². The summed E-state index contributed by atoms with van der Waals surface area (Å²) in [4.78, 5) is 16.0. The Morgan fingerprint density at radius 2 is 2.37 bits per heavy atom. The van der Waals surface area contributed by atoms with Gasteiger partial charge >= 0.3 is 0 Å². The first-order valence-electron chi connectivity index (χ1n) is 5.59. The number of hydrogen-bond donors (Lipinski definition) is 2. The van der Waals surface area contributed by atoms with Crippen molar-refractivity contribution < 1.29 is 4.79 Å². The van der Waals surface area contributed by atoms with E-state index in [1.807, 2.05) is 13.0 Å². The summed E-state index contributed by atoms with van der Waals surface area (Å²) in [6.45, 7) is 2.24. The molecule has 8 heteroatoms. The summed E-state index contributed by atoms with van der Waals surface area (Å²) in [7, 11) is 0. The molecule has 0 aliphatic rings. The first-order chi connectivity index (χ1) is 9.08. The van der Waals surface area contributed by atoms with E-state index in [0.29, 0.717) is 18.1 Å². The lowest BCUT2D eigenvalue weighted by atomic mass is 10.3. The molecule has 0 fully saturated rings. The van der Waals surface area contributed by atoms with Gasteiger partial charge in [-0.2, -0.15) is 0 Å². The van der Waals surface area contributed by atoms with Crippen LogP contribution in [0.15, 0.2) is 22.9 Å². The number of aryl methyl sites for hydroxylation is 1. The van der Waals surface area contributed by atoms with Crippen LogP contribution in [-0.2, 0) is 17.9 Å². The quantitative estimate of drug-likeness (QED) is 0.868. The molecule has 0 aromatic carbocycles. The normalized spacial score (nSPS) is 10.5. The molecule has 0 bridgehead atoms. The van der Waals surface area contributed by atoms with Gasteiger partial charge in [0.15, 0.2) is 0 Å². The Balaban J connectivity index is 2.01. The predicted octanol–water partition coefficient (Wildman–Crippen LogP) is 0.841. The van der Waals surface area contributed by atoms with Crippen molar-refractivity contribution in [2.24, 2.45) is 5.73 Å². The largest absolute Gasteiger partial charge is 0.325 e. The zero-order chi connectivity index (χ0) is 13.8. The van der Waals surface area contributed by atoms with Crippen molar-refractivity contribution in [1.29, 1.82) is 0 Å². The Morgan fingerprint density at radius 3 is 3.00 bits per heavy atom. The van der Waals surface area contributed by atoms with Crippen LogP contribution < -0.4 is 11.1 Å². The number of pyridine rings is 1. The number of rotatable bonds is 4. The second-order valence-corrected chi connectivity index (χ2v) is 4.89. The summed E-state index contributed by atoms with van der Waals surface area (Å²) < 4.78 is 2.30. The van der Waals surface area contributed by atoms with E-state index in [4.69, 9.17) is 5.73 Å². The molecule has 19 heavy (non-hydrogen) atoms. The van der Waals surface area contributed by atoms with Crippen LogP contribution in [0, 0.1) is 6.92 Å². The molecule has 0 aliphatic carbocycles. The van der Waals surface area contributed by atoms with Crippen LogP contribution in [0.1, 0.15) is 11.3 Å². The maximum atomic E-state index is 11.8. The molecule has 0 atom stereocenters. The Hall–Kier alpha value is -1.80. The number of aromatic nitrogens is 4. The van der Waals surface area contributed by atoms with E-state index in [9.17, 15) is 4.79 Å². The number of nitrogens with two attached hydrogens (primary N) is 1. The third kappa shape index (κ3) is 3.58. The zero-order valence-electron chi connectivity index (χ0n) is 10.3. The molecule has 0 aliphatic heterocycles. The molecule has 2 rings (SSSR count). The predicted molar refractivity (Wildman–Crippen MR) is 73.2 cm³/mol. The molecule has 1 amide bonds. The van der Waals surface area contributed by atoms with Crippen LogP contribution in [0.4, 0.5) is 5.82 Å². The molecule has 0 saturated carbocycles. The van der Waals surface area contributed by atoms with Gasteiger partial charge in [-0.3, -0.25) is 4.79 Å². The van der Waals surface area contributed by atoms with E-state index in [1.165, 1.54) is 4.68 Å². The topological polar surface area (TPSA) is 98.7 Å². The SMILES string of the molecule is Cc1cc(Br)cnc1NC(=O)Cn1cc(CN)nn1. The molecule has 0 saturated heterocycles.